The number of benzene rings is 2. The van der Waals surface area contributed by atoms with Crippen molar-refractivity contribution in [3.63, 3.8) is 0 Å². The van der Waals surface area contributed by atoms with E-state index in [4.69, 9.17) is 4.74 Å². The largest absolute Gasteiger partial charge is 0.494 e. The molecule has 1 aliphatic heterocycles. The first kappa shape index (κ1) is 14.5. The molecule has 1 saturated heterocycles. The normalized spacial score (nSPS) is 16.3. The number of hydrogen-bond acceptors (Lipinski definition) is 2. The Morgan fingerprint density at radius 1 is 1.24 bits per heavy atom. The molecule has 0 spiro atoms. The van der Waals surface area contributed by atoms with Crippen molar-refractivity contribution in [1.29, 1.82) is 0 Å². The molecule has 1 heterocycles. The van der Waals surface area contributed by atoms with E-state index in [0.717, 1.165) is 29.5 Å². The van der Waals surface area contributed by atoms with Gasteiger partial charge in [-0.05, 0) is 35.7 Å². The van der Waals surface area contributed by atoms with Crippen molar-refractivity contribution in [2.45, 2.75) is 11.8 Å². The quantitative estimate of drug-likeness (QED) is 0.908. The van der Waals surface area contributed by atoms with E-state index < -0.39 is 0 Å². The van der Waals surface area contributed by atoms with Crippen LogP contribution < -0.4 is 10.1 Å². The highest BCUT2D eigenvalue weighted by Gasteiger charge is 2.39. The van der Waals surface area contributed by atoms with E-state index in [1.807, 2.05) is 12.1 Å². The van der Waals surface area contributed by atoms with E-state index in [-0.39, 0.29) is 11.2 Å². The first-order chi connectivity index (χ1) is 10.1. The van der Waals surface area contributed by atoms with Crippen LogP contribution in [0.4, 0.5) is 4.39 Å². The van der Waals surface area contributed by atoms with Gasteiger partial charge in [0.25, 0.3) is 0 Å². The average molecular weight is 350 g/mol. The smallest absolute Gasteiger partial charge is 0.165 e. The fourth-order valence-corrected chi connectivity index (χ4v) is 3.64. The summed E-state index contributed by atoms with van der Waals surface area (Å²) >= 11 is 3.64. The summed E-state index contributed by atoms with van der Waals surface area (Å²) in [6.45, 7) is 1.81. The van der Waals surface area contributed by atoms with Gasteiger partial charge >= 0.3 is 0 Å². The third kappa shape index (κ3) is 2.70. The number of ether oxygens (including phenoxy) is 1. The molecule has 0 aromatic heterocycles. The van der Waals surface area contributed by atoms with Crippen molar-refractivity contribution in [3.8, 4) is 5.75 Å². The SMILES string of the molecule is COc1ccc(CC2(c3ccccc3Br)CNC2)cc1F. The highest BCUT2D eigenvalue weighted by Crippen LogP contribution is 2.37. The third-order valence-corrected chi connectivity index (χ3v) is 4.82. The van der Waals surface area contributed by atoms with Gasteiger partial charge in [0.05, 0.1) is 7.11 Å². The molecule has 1 N–H and O–H groups in total. The summed E-state index contributed by atoms with van der Waals surface area (Å²) in [5, 5.41) is 3.35. The van der Waals surface area contributed by atoms with Crippen LogP contribution >= 0.6 is 15.9 Å². The molecule has 3 rings (SSSR count). The fourth-order valence-electron chi connectivity index (χ4n) is 2.94. The van der Waals surface area contributed by atoms with Gasteiger partial charge in [0.2, 0.25) is 0 Å². The molecule has 1 fully saturated rings. The summed E-state index contributed by atoms with van der Waals surface area (Å²) in [5.74, 6) is -0.00927. The van der Waals surface area contributed by atoms with Crippen molar-refractivity contribution in [2.75, 3.05) is 20.2 Å². The lowest BCUT2D eigenvalue weighted by molar-refractivity contribution is 0.273. The van der Waals surface area contributed by atoms with Crippen LogP contribution in [-0.4, -0.2) is 20.2 Å². The Hall–Kier alpha value is -1.39. The second kappa shape index (κ2) is 5.78. The molecular weight excluding hydrogens is 333 g/mol. The first-order valence-electron chi connectivity index (χ1n) is 6.93. The molecular formula is C17H17BrFNO. The third-order valence-electron chi connectivity index (χ3n) is 4.13. The molecule has 4 heteroatoms. The minimum absolute atomic E-state index is 0.0289. The van der Waals surface area contributed by atoms with Crippen molar-refractivity contribution in [3.05, 3.63) is 63.9 Å². The van der Waals surface area contributed by atoms with Crippen LogP contribution in [0.1, 0.15) is 11.1 Å². The Kier molecular flexibility index (Phi) is 4.00. The average Bonchev–Trinajstić information content (AvgIpc) is 2.44. The number of halogens is 2. The maximum atomic E-state index is 13.9. The molecule has 0 unspecified atom stereocenters. The Bertz CT molecular complexity index is 655. The number of hydrogen-bond donors (Lipinski definition) is 1. The topological polar surface area (TPSA) is 21.3 Å². The van der Waals surface area contributed by atoms with Crippen LogP contribution in [0.25, 0.3) is 0 Å². The maximum absolute atomic E-state index is 13.9. The van der Waals surface area contributed by atoms with Gasteiger partial charge in [-0.15, -0.1) is 0 Å². The summed E-state index contributed by atoms with van der Waals surface area (Å²) in [6.07, 6.45) is 0.809. The minimum Gasteiger partial charge on any atom is -0.494 e. The summed E-state index contributed by atoms with van der Waals surface area (Å²) < 4.78 is 20.0. The molecule has 0 bridgehead atoms. The molecule has 1 aliphatic rings. The van der Waals surface area contributed by atoms with Crippen LogP contribution in [0.3, 0.4) is 0 Å². The van der Waals surface area contributed by atoms with Gasteiger partial charge in [-0.3, -0.25) is 0 Å². The van der Waals surface area contributed by atoms with Crippen molar-refractivity contribution >= 4 is 15.9 Å². The summed E-state index contributed by atoms with van der Waals surface area (Å²) in [5.41, 5.74) is 2.30. The summed E-state index contributed by atoms with van der Waals surface area (Å²) in [7, 11) is 1.48. The Morgan fingerprint density at radius 2 is 2.00 bits per heavy atom. The van der Waals surface area contributed by atoms with E-state index in [1.165, 1.54) is 12.7 Å². The lowest BCUT2D eigenvalue weighted by Crippen LogP contribution is -2.58. The molecule has 0 atom stereocenters. The van der Waals surface area contributed by atoms with Gasteiger partial charge in [-0.1, -0.05) is 40.2 Å². The van der Waals surface area contributed by atoms with Crippen LogP contribution in [0.2, 0.25) is 0 Å². The van der Waals surface area contributed by atoms with Crippen LogP contribution in [0.5, 0.6) is 5.75 Å². The standard InChI is InChI=1S/C17H17BrFNO/c1-21-16-7-6-12(8-15(16)19)9-17(10-20-11-17)13-4-2-3-5-14(13)18/h2-8,20H,9-11H2,1H3. The molecule has 0 radical (unpaired) electrons. The number of nitrogens with one attached hydrogen (secondary N) is 1. The van der Waals surface area contributed by atoms with E-state index in [9.17, 15) is 4.39 Å². The molecule has 2 aromatic carbocycles. The van der Waals surface area contributed by atoms with Gasteiger partial charge in [0.1, 0.15) is 0 Å². The highest BCUT2D eigenvalue weighted by atomic mass is 79.9. The maximum Gasteiger partial charge on any atom is 0.165 e. The lowest BCUT2D eigenvalue weighted by atomic mass is 9.71. The zero-order valence-corrected chi connectivity index (χ0v) is 13.4. The molecule has 0 amide bonds. The zero-order valence-electron chi connectivity index (χ0n) is 11.8. The first-order valence-corrected chi connectivity index (χ1v) is 7.72. The van der Waals surface area contributed by atoms with E-state index in [0.29, 0.717) is 5.75 Å². The van der Waals surface area contributed by atoms with E-state index in [2.05, 4.69) is 39.4 Å². The predicted octanol–water partition coefficient (Wildman–Crippen LogP) is 3.68. The molecule has 21 heavy (non-hydrogen) atoms. The van der Waals surface area contributed by atoms with Gasteiger partial charge in [0, 0.05) is 23.0 Å². The minimum atomic E-state index is -0.301. The number of rotatable bonds is 4. The Morgan fingerprint density at radius 3 is 2.57 bits per heavy atom. The van der Waals surface area contributed by atoms with Crippen LogP contribution in [0, 0.1) is 5.82 Å². The fraction of sp³-hybridized carbons (Fsp3) is 0.294. The van der Waals surface area contributed by atoms with Crippen molar-refractivity contribution in [1.82, 2.24) is 5.32 Å². The molecule has 2 aromatic rings. The summed E-state index contributed by atoms with van der Waals surface area (Å²) in [6, 6.07) is 13.5. The number of methoxy groups -OCH3 is 1. The van der Waals surface area contributed by atoms with Gasteiger partial charge in [-0.25, -0.2) is 4.39 Å². The molecule has 2 nitrogen and oxygen atoms in total. The van der Waals surface area contributed by atoms with Gasteiger partial charge in [0.15, 0.2) is 11.6 Å². The van der Waals surface area contributed by atoms with E-state index in [1.54, 1.807) is 12.1 Å². The van der Waals surface area contributed by atoms with Crippen molar-refractivity contribution < 1.29 is 9.13 Å². The second-order valence-electron chi connectivity index (χ2n) is 5.51. The Balaban J connectivity index is 1.91. The summed E-state index contributed by atoms with van der Waals surface area (Å²) in [4.78, 5) is 0. The molecule has 0 saturated carbocycles. The van der Waals surface area contributed by atoms with Gasteiger partial charge in [-0.2, -0.15) is 0 Å². The highest BCUT2D eigenvalue weighted by molar-refractivity contribution is 9.10. The van der Waals surface area contributed by atoms with Crippen LogP contribution in [0.15, 0.2) is 46.9 Å². The monoisotopic (exact) mass is 349 g/mol. The lowest BCUT2D eigenvalue weighted by Gasteiger charge is -2.44. The van der Waals surface area contributed by atoms with Crippen molar-refractivity contribution in [2.24, 2.45) is 0 Å². The Labute approximate surface area is 132 Å². The molecule has 0 aliphatic carbocycles. The van der Waals surface area contributed by atoms with Gasteiger partial charge < -0.3 is 10.1 Å². The predicted molar refractivity (Wildman–Crippen MR) is 85.3 cm³/mol. The van der Waals surface area contributed by atoms with E-state index >= 15 is 0 Å². The molecule has 110 valence electrons. The van der Waals surface area contributed by atoms with Crippen LogP contribution in [-0.2, 0) is 11.8 Å². The second-order valence-corrected chi connectivity index (χ2v) is 6.36. The zero-order chi connectivity index (χ0) is 14.9.